The van der Waals surface area contributed by atoms with Gasteiger partial charge in [-0.25, -0.2) is 4.98 Å². The summed E-state index contributed by atoms with van der Waals surface area (Å²) in [5.41, 5.74) is 13.1. The van der Waals surface area contributed by atoms with Crippen LogP contribution in [0.1, 0.15) is 0 Å². The molecule has 0 unspecified atom stereocenters. The molecule has 0 aliphatic carbocycles. The van der Waals surface area contributed by atoms with Crippen molar-refractivity contribution in [2.24, 2.45) is 0 Å². The van der Waals surface area contributed by atoms with Crippen LogP contribution in [-0.4, -0.2) is 30.2 Å². The smallest absolute Gasteiger partial charge is 0.224 e. The number of nitrogens with one attached hydrogen (secondary N) is 1. The van der Waals surface area contributed by atoms with E-state index in [-0.39, 0.29) is 5.95 Å². The van der Waals surface area contributed by atoms with E-state index in [9.17, 15) is 0 Å². The van der Waals surface area contributed by atoms with Crippen molar-refractivity contribution in [3.05, 3.63) is 0 Å². The van der Waals surface area contributed by atoms with Crippen LogP contribution in [0.5, 0.6) is 0 Å². The second-order valence-electron chi connectivity index (χ2n) is 2.49. The Bertz CT molecular complexity index is 435. The topological polar surface area (TPSA) is 106 Å². The van der Waals surface area contributed by atoms with Crippen molar-refractivity contribution in [3.63, 3.8) is 0 Å². The highest BCUT2D eigenvalue weighted by Crippen LogP contribution is 2.11. The van der Waals surface area contributed by atoms with Crippen LogP contribution in [0.3, 0.4) is 0 Å². The van der Waals surface area contributed by atoms with Gasteiger partial charge in [0, 0.05) is 0 Å². The minimum atomic E-state index is 0.160. The fourth-order valence-corrected chi connectivity index (χ4v) is 1.51. The summed E-state index contributed by atoms with van der Waals surface area (Å²) >= 11 is 0. The number of aromatic amines is 1. The molecule has 0 amide bonds. The monoisotopic (exact) mass is 180 g/mol. The molecule has 0 fully saturated rings. The summed E-state index contributed by atoms with van der Waals surface area (Å²) < 4.78 is 0. The third kappa shape index (κ3) is 0.908. The van der Waals surface area contributed by atoms with E-state index in [1.165, 1.54) is 0 Å². The van der Waals surface area contributed by atoms with Crippen molar-refractivity contribution in [3.8, 4) is 0 Å². The van der Waals surface area contributed by atoms with E-state index in [4.69, 9.17) is 11.5 Å². The van der Waals surface area contributed by atoms with Gasteiger partial charge in [-0.1, -0.05) is 0 Å². The number of anilines is 2. The summed E-state index contributed by atoms with van der Waals surface area (Å²) in [5.74, 6) is 0.514. The summed E-state index contributed by atoms with van der Waals surface area (Å²) in [5, 5.41) is 0. The Hall–Kier alpha value is -1.63. The maximum Gasteiger partial charge on any atom is 0.224 e. The Morgan fingerprint density at radius 1 is 1.17 bits per heavy atom. The first-order valence-electron chi connectivity index (χ1n) is 3.42. The molecule has 0 spiro atoms. The Morgan fingerprint density at radius 3 is 2.67 bits per heavy atom. The third-order valence-corrected chi connectivity index (χ3v) is 1.99. The van der Waals surface area contributed by atoms with Crippen LogP contribution in [0.15, 0.2) is 0 Å². The largest absolute Gasteiger partial charge is 0.382 e. The molecule has 6 nitrogen and oxygen atoms in total. The van der Waals surface area contributed by atoms with Gasteiger partial charge >= 0.3 is 0 Å². The Kier molecular flexibility index (Phi) is 1.28. The maximum absolute atomic E-state index is 5.58. The van der Waals surface area contributed by atoms with Gasteiger partial charge in [0.25, 0.3) is 0 Å². The standard InChI is InChI=1S/C5H8N6Si/c6-2-1-3(10-4(7)9-2)11-5(12)8-1/h12H3,(H5,6,7,8,9,10,11). The van der Waals surface area contributed by atoms with E-state index in [0.29, 0.717) is 17.0 Å². The number of nitrogens with zero attached hydrogens (tertiary/aromatic N) is 3. The number of nitrogens with two attached hydrogens (primary N) is 2. The van der Waals surface area contributed by atoms with Crippen LogP contribution in [0.25, 0.3) is 11.2 Å². The van der Waals surface area contributed by atoms with Gasteiger partial charge in [-0.05, 0) is 0 Å². The zero-order valence-corrected chi connectivity index (χ0v) is 8.50. The molecule has 0 saturated heterocycles. The number of rotatable bonds is 0. The van der Waals surface area contributed by atoms with Crippen molar-refractivity contribution < 1.29 is 0 Å². The Labute approximate surface area is 70.8 Å². The number of imidazole rings is 1. The van der Waals surface area contributed by atoms with Crippen molar-refractivity contribution >= 4 is 38.6 Å². The Balaban J connectivity index is 2.88. The van der Waals surface area contributed by atoms with E-state index < -0.39 is 0 Å². The first kappa shape index (κ1) is 7.04. The second kappa shape index (κ2) is 2.17. The zero-order chi connectivity index (χ0) is 8.72. The predicted molar refractivity (Wildman–Crippen MR) is 50.1 cm³/mol. The molecule has 2 aromatic rings. The van der Waals surface area contributed by atoms with E-state index in [1.807, 2.05) is 0 Å². The highest BCUT2D eigenvalue weighted by atomic mass is 28.1. The lowest BCUT2D eigenvalue weighted by Gasteiger charge is -1.94. The second-order valence-corrected chi connectivity index (χ2v) is 3.44. The first-order valence-corrected chi connectivity index (χ1v) is 4.42. The van der Waals surface area contributed by atoms with Crippen LogP contribution >= 0.6 is 0 Å². The molecule has 0 aliphatic rings. The van der Waals surface area contributed by atoms with Crippen LogP contribution in [0, 0.1) is 0 Å². The number of H-pyrrole nitrogens is 1. The molecule has 0 radical (unpaired) electrons. The molecule has 12 heavy (non-hydrogen) atoms. The van der Waals surface area contributed by atoms with Gasteiger partial charge in [-0.2, -0.15) is 9.97 Å². The molecular formula is C5H8N6Si. The molecule has 0 atom stereocenters. The zero-order valence-electron chi connectivity index (χ0n) is 6.50. The summed E-state index contributed by atoms with van der Waals surface area (Å²) in [6, 6.07) is 0. The lowest BCUT2D eigenvalue weighted by molar-refractivity contribution is 1.22. The summed E-state index contributed by atoms with van der Waals surface area (Å²) in [6.45, 7) is 0. The van der Waals surface area contributed by atoms with Crippen molar-refractivity contribution in [2.75, 3.05) is 11.5 Å². The summed E-state index contributed by atoms with van der Waals surface area (Å²) in [6.07, 6.45) is 0. The first-order chi connectivity index (χ1) is 5.66. The van der Waals surface area contributed by atoms with E-state index in [1.54, 1.807) is 0 Å². The van der Waals surface area contributed by atoms with E-state index >= 15 is 0 Å². The highest BCUT2D eigenvalue weighted by Gasteiger charge is 2.05. The van der Waals surface area contributed by atoms with Crippen molar-refractivity contribution in [1.29, 1.82) is 0 Å². The van der Waals surface area contributed by atoms with E-state index in [0.717, 1.165) is 15.7 Å². The molecule has 7 heteroatoms. The summed E-state index contributed by atoms with van der Waals surface area (Å²) in [7, 11) is 0.827. The van der Waals surface area contributed by atoms with Gasteiger partial charge in [-0.3, -0.25) is 0 Å². The van der Waals surface area contributed by atoms with Gasteiger partial charge in [0.2, 0.25) is 5.95 Å². The van der Waals surface area contributed by atoms with Gasteiger partial charge in [0.05, 0.1) is 15.7 Å². The summed E-state index contributed by atoms with van der Waals surface area (Å²) in [4.78, 5) is 14.9. The van der Waals surface area contributed by atoms with Crippen LogP contribution in [0.4, 0.5) is 11.8 Å². The van der Waals surface area contributed by atoms with Gasteiger partial charge in [0.1, 0.15) is 5.52 Å². The molecule has 62 valence electrons. The van der Waals surface area contributed by atoms with Gasteiger partial charge < -0.3 is 16.5 Å². The molecular weight excluding hydrogens is 172 g/mol. The quantitative estimate of drug-likeness (QED) is 0.389. The minimum Gasteiger partial charge on any atom is -0.382 e. The molecule has 2 aromatic heterocycles. The molecule has 0 aliphatic heterocycles. The minimum absolute atomic E-state index is 0.160. The fraction of sp³-hybridized carbons (Fsp3) is 0. The average molecular weight is 180 g/mol. The number of hydrogen-bond acceptors (Lipinski definition) is 5. The molecule has 2 rings (SSSR count). The SMILES string of the molecule is Nc1nc(N)c2[nH]c([SiH3])nc2n1. The molecule has 5 N–H and O–H groups in total. The number of aromatic nitrogens is 4. The number of hydrogen-bond donors (Lipinski definition) is 3. The molecule has 2 heterocycles. The Morgan fingerprint density at radius 2 is 1.92 bits per heavy atom. The average Bonchev–Trinajstić information content (AvgIpc) is 2.29. The lowest BCUT2D eigenvalue weighted by Crippen LogP contribution is -2.05. The molecule has 0 saturated carbocycles. The fourth-order valence-electron chi connectivity index (χ4n) is 1.05. The van der Waals surface area contributed by atoms with Crippen molar-refractivity contribution in [2.45, 2.75) is 0 Å². The van der Waals surface area contributed by atoms with E-state index in [2.05, 4.69) is 19.9 Å². The number of nitrogen functional groups attached to an aromatic ring is 2. The normalized spacial score (nSPS) is 11.0. The van der Waals surface area contributed by atoms with Gasteiger partial charge in [-0.15, -0.1) is 0 Å². The molecule has 0 bridgehead atoms. The van der Waals surface area contributed by atoms with Crippen molar-refractivity contribution in [1.82, 2.24) is 19.9 Å². The van der Waals surface area contributed by atoms with Gasteiger partial charge in [0.15, 0.2) is 11.5 Å². The van der Waals surface area contributed by atoms with Crippen LogP contribution < -0.4 is 16.9 Å². The third-order valence-electron chi connectivity index (χ3n) is 1.51. The lowest BCUT2D eigenvalue weighted by atomic mass is 10.5. The predicted octanol–water partition coefficient (Wildman–Crippen LogP) is -2.49. The van der Waals surface area contributed by atoms with Crippen LogP contribution in [-0.2, 0) is 0 Å². The molecule has 0 aromatic carbocycles. The highest BCUT2D eigenvalue weighted by molar-refractivity contribution is 6.30. The number of fused-ring (bicyclic) bond motifs is 1. The maximum atomic E-state index is 5.58. The van der Waals surface area contributed by atoms with Crippen LogP contribution in [0.2, 0.25) is 0 Å².